The molecule has 0 saturated heterocycles. The monoisotopic (exact) mass is 465 g/mol. The van der Waals surface area contributed by atoms with Crippen LogP contribution in [0.15, 0.2) is 48.5 Å². The standard InChI is InChI=1S/C23H26F3N3O4/c1-15(30)27-12-18-14-29(13-16-7-5-4-6-8-16)19-11-17(9-10-20(19)32-18)28-21(31)33-22(2,3)23(24,25)26/h4-11,18H,12-14H2,1-3H3,(H,27,30)(H,28,31)/t18-/m0/s1. The number of carbonyl (C=O) groups excluding carboxylic acids is 2. The van der Waals surface area contributed by atoms with Crippen LogP contribution >= 0.6 is 0 Å². The summed E-state index contributed by atoms with van der Waals surface area (Å²) in [5, 5.41) is 5.10. The van der Waals surface area contributed by atoms with E-state index in [1.54, 1.807) is 12.1 Å². The average Bonchev–Trinajstić information content (AvgIpc) is 2.72. The van der Waals surface area contributed by atoms with Gasteiger partial charge in [0.05, 0.1) is 18.8 Å². The SMILES string of the molecule is CC(=O)NC[C@H]1CN(Cc2ccccc2)c2cc(NC(=O)OC(C)(C)C(F)(F)F)ccc2O1. The first-order valence-electron chi connectivity index (χ1n) is 10.4. The highest BCUT2D eigenvalue weighted by Crippen LogP contribution is 2.37. The van der Waals surface area contributed by atoms with Gasteiger partial charge < -0.3 is 19.7 Å². The van der Waals surface area contributed by atoms with E-state index in [4.69, 9.17) is 4.74 Å². The first-order chi connectivity index (χ1) is 15.4. The summed E-state index contributed by atoms with van der Waals surface area (Å²) in [4.78, 5) is 25.4. The number of nitrogens with zero attached hydrogens (tertiary/aromatic N) is 1. The van der Waals surface area contributed by atoms with Crippen LogP contribution in [-0.4, -0.2) is 43.0 Å². The molecule has 0 aromatic heterocycles. The number of hydrogen-bond acceptors (Lipinski definition) is 5. The van der Waals surface area contributed by atoms with Crippen LogP contribution < -0.4 is 20.3 Å². The van der Waals surface area contributed by atoms with Crippen molar-refractivity contribution in [3.63, 3.8) is 0 Å². The van der Waals surface area contributed by atoms with Gasteiger partial charge in [0.2, 0.25) is 11.5 Å². The fourth-order valence-electron chi connectivity index (χ4n) is 3.25. The second-order valence-corrected chi connectivity index (χ2v) is 8.25. The Morgan fingerprint density at radius 3 is 2.48 bits per heavy atom. The number of nitrogens with one attached hydrogen (secondary N) is 2. The lowest BCUT2D eigenvalue weighted by Gasteiger charge is -2.36. The van der Waals surface area contributed by atoms with E-state index in [2.05, 4.69) is 15.4 Å². The molecule has 0 unspecified atom stereocenters. The molecule has 2 aromatic rings. The maximum absolute atomic E-state index is 13.0. The third-order valence-corrected chi connectivity index (χ3v) is 5.09. The fourth-order valence-corrected chi connectivity index (χ4v) is 3.25. The van der Waals surface area contributed by atoms with Crippen molar-refractivity contribution >= 4 is 23.4 Å². The average molecular weight is 465 g/mol. The van der Waals surface area contributed by atoms with Crippen molar-refractivity contribution in [2.45, 2.75) is 45.2 Å². The van der Waals surface area contributed by atoms with Crippen molar-refractivity contribution in [2.24, 2.45) is 0 Å². The van der Waals surface area contributed by atoms with Crippen molar-refractivity contribution in [1.29, 1.82) is 0 Å². The highest BCUT2D eigenvalue weighted by Gasteiger charge is 2.51. The van der Waals surface area contributed by atoms with Gasteiger partial charge in [0.15, 0.2) is 0 Å². The molecule has 1 aliphatic heterocycles. The number of hydrogen-bond donors (Lipinski definition) is 2. The van der Waals surface area contributed by atoms with E-state index in [1.165, 1.54) is 13.0 Å². The summed E-state index contributed by atoms with van der Waals surface area (Å²) < 4.78 is 49.6. The Morgan fingerprint density at radius 1 is 1.15 bits per heavy atom. The number of ether oxygens (including phenoxy) is 2. The van der Waals surface area contributed by atoms with Gasteiger partial charge in [-0.1, -0.05) is 30.3 Å². The third-order valence-electron chi connectivity index (χ3n) is 5.09. The molecule has 0 bridgehead atoms. The number of halogens is 3. The van der Waals surface area contributed by atoms with E-state index in [0.29, 0.717) is 31.1 Å². The van der Waals surface area contributed by atoms with Crippen LogP contribution in [0.2, 0.25) is 0 Å². The van der Waals surface area contributed by atoms with Gasteiger partial charge in [0.1, 0.15) is 11.9 Å². The fraction of sp³-hybridized carbons (Fsp3) is 0.391. The van der Waals surface area contributed by atoms with E-state index < -0.39 is 17.9 Å². The normalized spacial score (nSPS) is 15.8. The number of fused-ring (bicyclic) bond motifs is 1. The second-order valence-electron chi connectivity index (χ2n) is 8.25. The van der Waals surface area contributed by atoms with Gasteiger partial charge in [-0.15, -0.1) is 0 Å². The van der Waals surface area contributed by atoms with Crippen molar-refractivity contribution in [3.05, 3.63) is 54.1 Å². The summed E-state index contributed by atoms with van der Waals surface area (Å²) in [5.74, 6) is 0.362. The largest absolute Gasteiger partial charge is 0.485 e. The maximum atomic E-state index is 13.0. The summed E-state index contributed by atoms with van der Waals surface area (Å²) in [6.45, 7) is 4.29. The highest BCUT2D eigenvalue weighted by atomic mass is 19.4. The molecule has 2 aromatic carbocycles. The minimum Gasteiger partial charge on any atom is -0.485 e. The molecule has 0 spiro atoms. The summed E-state index contributed by atoms with van der Waals surface area (Å²) >= 11 is 0. The lowest BCUT2D eigenvalue weighted by Crippen LogP contribution is -2.46. The molecule has 1 atom stereocenters. The summed E-state index contributed by atoms with van der Waals surface area (Å²) in [6, 6.07) is 14.4. The van der Waals surface area contributed by atoms with Crippen LogP contribution in [0, 0.1) is 0 Å². The van der Waals surface area contributed by atoms with Crippen molar-refractivity contribution in [3.8, 4) is 5.75 Å². The molecule has 10 heteroatoms. The Kier molecular flexibility index (Phi) is 7.04. The lowest BCUT2D eigenvalue weighted by atomic mass is 10.1. The van der Waals surface area contributed by atoms with Crippen LogP contribution in [0.5, 0.6) is 5.75 Å². The van der Waals surface area contributed by atoms with Crippen LogP contribution in [0.4, 0.5) is 29.3 Å². The van der Waals surface area contributed by atoms with Crippen molar-refractivity contribution in [1.82, 2.24) is 5.32 Å². The highest BCUT2D eigenvalue weighted by molar-refractivity contribution is 5.86. The number of carbonyl (C=O) groups is 2. The Balaban J connectivity index is 1.80. The Labute approximate surface area is 189 Å². The molecule has 1 heterocycles. The lowest BCUT2D eigenvalue weighted by molar-refractivity contribution is -0.242. The van der Waals surface area contributed by atoms with Gasteiger partial charge in [-0.05, 0) is 37.6 Å². The zero-order chi connectivity index (χ0) is 24.2. The topological polar surface area (TPSA) is 79.9 Å². The van der Waals surface area contributed by atoms with Gasteiger partial charge in [-0.2, -0.15) is 13.2 Å². The Bertz CT molecular complexity index is 996. The number of amides is 2. The molecule has 0 aliphatic carbocycles. The van der Waals surface area contributed by atoms with Gasteiger partial charge in [0, 0.05) is 19.2 Å². The smallest absolute Gasteiger partial charge is 0.427 e. The predicted octanol–water partition coefficient (Wildman–Crippen LogP) is 4.48. The summed E-state index contributed by atoms with van der Waals surface area (Å²) in [6.07, 6.45) is -6.22. The maximum Gasteiger partial charge on any atom is 0.427 e. The van der Waals surface area contributed by atoms with Crippen molar-refractivity contribution in [2.75, 3.05) is 23.3 Å². The molecular weight excluding hydrogens is 439 g/mol. The van der Waals surface area contributed by atoms with E-state index in [9.17, 15) is 22.8 Å². The minimum atomic E-state index is -4.70. The van der Waals surface area contributed by atoms with Gasteiger partial charge in [-0.3, -0.25) is 10.1 Å². The molecule has 0 fully saturated rings. The van der Waals surface area contributed by atoms with Crippen molar-refractivity contribution < 1.29 is 32.2 Å². The van der Waals surface area contributed by atoms with Gasteiger partial charge >= 0.3 is 12.3 Å². The quantitative estimate of drug-likeness (QED) is 0.658. The molecule has 33 heavy (non-hydrogen) atoms. The third kappa shape index (κ3) is 6.30. The first kappa shape index (κ1) is 24.2. The zero-order valence-electron chi connectivity index (χ0n) is 18.5. The summed E-state index contributed by atoms with van der Waals surface area (Å²) in [5.41, 5.74) is -0.678. The molecular formula is C23H26F3N3O4. The van der Waals surface area contributed by atoms with Crippen LogP contribution in [0.3, 0.4) is 0 Å². The molecule has 1 aliphatic rings. The van der Waals surface area contributed by atoms with E-state index in [0.717, 1.165) is 19.4 Å². The van der Waals surface area contributed by atoms with Gasteiger partial charge in [0.25, 0.3) is 0 Å². The zero-order valence-corrected chi connectivity index (χ0v) is 18.5. The van der Waals surface area contributed by atoms with E-state index >= 15 is 0 Å². The molecule has 0 radical (unpaired) electrons. The first-order valence-corrected chi connectivity index (χ1v) is 10.4. The molecule has 7 nitrogen and oxygen atoms in total. The summed E-state index contributed by atoms with van der Waals surface area (Å²) in [7, 11) is 0. The van der Waals surface area contributed by atoms with E-state index in [1.807, 2.05) is 35.2 Å². The van der Waals surface area contributed by atoms with Gasteiger partial charge in [-0.25, -0.2) is 4.79 Å². The minimum absolute atomic E-state index is 0.168. The van der Waals surface area contributed by atoms with E-state index in [-0.39, 0.29) is 17.7 Å². The number of anilines is 2. The molecule has 2 amide bonds. The van der Waals surface area contributed by atoms with Crippen LogP contribution in [-0.2, 0) is 16.1 Å². The molecule has 3 rings (SSSR count). The Morgan fingerprint density at radius 2 is 1.85 bits per heavy atom. The number of benzene rings is 2. The number of alkyl halides is 3. The predicted molar refractivity (Wildman–Crippen MR) is 117 cm³/mol. The molecule has 0 saturated carbocycles. The second kappa shape index (κ2) is 9.60. The molecule has 178 valence electrons. The molecule has 2 N–H and O–H groups in total. The Hall–Kier alpha value is -3.43. The van der Waals surface area contributed by atoms with Crippen LogP contribution in [0.1, 0.15) is 26.3 Å². The van der Waals surface area contributed by atoms with Crippen LogP contribution in [0.25, 0.3) is 0 Å². The number of rotatable bonds is 6.